The SMILES string of the molecule is Cc1cc(-c2ccc3[nH]c4c(c3c2)CCCC4N[C@H](C)c2ccccc2)n(C)n1. The van der Waals surface area contributed by atoms with Crippen LogP contribution >= 0.6 is 0 Å². The van der Waals surface area contributed by atoms with Crippen molar-refractivity contribution in [3.8, 4) is 11.3 Å². The van der Waals surface area contributed by atoms with Crippen molar-refractivity contribution in [2.24, 2.45) is 7.05 Å². The number of nitrogens with one attached hydrogen (secondary N) is 2. The Morgan fingerprint density at radius 2 is 1.97 bits per heavy atom. The monoisotopic (exact) mass is 384 g/mol. The van der Waals surface area contributed by atoms with Gasteiger partial charge < -0.3 is 10.3 Å². The third-order valence-electron chi connectivity index (χ3n) is 6.26. The summed E-state index contributed by atoms with van der Waals surface area (Å²) in [5.74, 6) is 0. The number of fused-ring (bicyclic) bond motifs is 3. The molecule has 2 N–H and O–H groups in total. The summed E-state index contributed by atoms with van der Waals surface area (Å²) in [5, 5.41) is 9.74. The second-order valence-electron chi connectivity index (χ2n) is 8.32. The lowest BCUT2D eigenvalue weighted by Crippen LogP contribution is -2.27. The molecule has 0 aliphatic heterocycles. The Kier molecular flexibility index (Phi) is 4.51. The lowest BCUT2D eigenvalue weighted by atomic mass is 9.90. The van der Waals surface area contributed by atoms with Crippen molar-refractivity contribution in [3.63, 3.8) is 0 Å². The Labute approximate surface area is 172 Å². The van der Waals surface area contributed by atoms with E-state index in [9.17, 15) is 0 Å². The van der Waals surface area contributed by atoms with E-state index in [1.165, 1.54) is 51.8 Å². The van der Waals surface area contributed by atoms with E-state index in [1.54, 1.807) is 0 Å². The van der Waals surface area contributed by atoms with Crippen LogP contribution in [0.3, 0.4) is 0 Å². The molecule has 2 atom stereocenters. The van der Waals surface area contributed by atoms with Crippen molar-refractivity contribution in [1.82, 2.24) is 20.1 Å². The van der Waals surface area contributed by atoms with Gasteiger partial charge in [0.25, 0.3) is 0 Å². The van der Waals surface area contributed by atoms with Gasteiger partial charge in [0.1, 0.15) is 0 Å². The highest BCUT2D eigenvalue weighted by atomic mass is 15.3. The first-order valence-corrected chi connectivity index (χ1v) is 10.6. The maximum Gasteiger partial charge on any atom is 0.0681 e. The molecule has 0 radical (unpaired) electrons. The fourth-order valence-corrected chi connectivity index (χ4v) is 4.81. The average Bonchev–Trinajstić information content (AvgIpc) is 3.28. The molecule has 0 saturated heterocycles. The number of aryl methyl sites for hydroxylation is 3. The van der Waals surface area contributed by atoms with Crippen LogP contribution in [0.2, 0.25) is 0 Å². The van der Waals surface area contributed by atoms with Crippen molar-refractivity contribution in [1.29, 1.82) is 0 Å². The Morgan fingerprint density at radius 3 is 2.72 bits per heavy atom. The summed E-state index contributed by atoms with van der Waals surface area (Å²) < 4.78 is 1.97. The minimum absolute atomic E-state index is 0.326. The molecule has 1 aliphatic rings. The van der Waals surface area contributed by atoms with Gasteiger partial charge in [-0.25, -0.2) is 0 Å². The number of aromatic amines is 1. The lowest BCUT2D eigenvalue weighted by molar-refractivity contribution is 0.410. The van der Waals surface area contributed by atoms with Crippen molar-refractivity contribution < 1.29 is 0 Å². The van der Waals surface area contributed by atoms with Crippen LogP contribution in [-0.4, -0.2) is 14.8 Å². The minimum Gasteiger partial charge on any atom is -0.357 e. The molecule has 5 rings (SSSR count). The van der Waals surface area contributed by atoms with Crippen molar-refractivity contribution in [2.75, 3.05) is 0 Å². The third kappa shape index (κ3) is 3.28. The van der Waals surface area contributed by atoms with E-state index >= 15 is 0 Å². The van der Waals surface area contributed by atoms with Gasteiger partial charge in [-0.15, -0.1) is 0 Å². The van der Waals surface area contributed by atoms with Crippen molar-refractivity contribution in [2.45, 2.75) is 45.2 Å². The van der Waals surface area contributed by atoms with Gasteiger partial charge in [-0.2, -0.15) is 5.10 Å². The average molecular weight is 385 g/mol. The zero-order chi connectivity index (χ0) is 20.0. The molecule has 0 saturated carbocycles. The number of aromatic nitrogens is 3. The van der Waals surface area contributed by atoms with E-state index in [2.05, 4.69) is 76.9 Å². The van der Waals surface area contributed by atoms with Gasteiger partial charge in [-0.1, -0.05) is 36.4 Å². The predicted octanol–water partition coefficient (Wildman–Crippen LogP) is 5.61. The first kappa shape index (κ1) is 18.2. The topological polar surface area (TPSA) is 45.6 Å². The van der Waals surface area contributed by atoms with Crippen LogP contribution in [-0.2, 0) is 13.5 Å². The fraction of sp³-hybridized carbons (Fsp3) is 0.320. The normalized spacial score (nSPS) is 17.4. The summed E-state index contributed by atoms with van der Waals surface area (Å²) in [4.78, 5) is 3.74. The smallest absolute Gasteiger partial charge is 0.0681 e. The molecule has 0 spiro atoms. The van der Waals surface area contributed by atoms with Crippen LogP contribution in [0.1, 0.15) is 54.4 Å². The third-order valence-corrected chi connectivity index (χ3v) is 6.26. The van der Waals surface area contributed by atoms with Crippen LogP contribution < -0.4 is 5.32 Å². The van der Waals surface area contributed by atoms with E-state index in [0.29, 0.717) is 12.1 Å². The minimum atomic E-state index is 0.326. The van der Waals surface area contributed by atoms with Gasteiger partial charge in [0.15, 0.2) is 0 Å². The van der Waals surface area contributed by atoms with Gasteiger partial charge in [0.05, 0.1) is 11.4 Å². The number of nitrogens with zero attached hydrogens (tertiary/aromatic N) is 2. The van der Waals surface area contributed by atoms with Crippen LogP contribution in [0.4, 0.5) is 0 Å². The van der Waals surface area contributed by atoms with Crippen molar-refractivity contribution in [3.05, 3.63) is 77.1 Å². The molecule has 2 aromatic carbocycles. The molecular weight excluding hydrogens is 356 g/mol. The number of H-pyrrole nitrogens is 1. The highest BCUT2D eigenvalue weighted by Crippen LogP contribution is 2.37. The molecule has 148 valence electrons. The molecule has 1 unspecified atom stereocenters. The van der Waals surface area contributed by atoms with Crippen LogP contribution in [0, 0.1) is 6.92 Å². The second-order valence-corrected chi connectivity index (χ2v) is 8.32. The van der Waals surface area contributed by atoms with E-state index < -0.39 is 0 Å². The predicted molar refractivity (Wildman–Crippen MR) is 119 cm³/mol. The summed E-state index contributed by atoms with van der Waals surface area (Å²) in [6, 6.07) is 20.3. The molecular formula is C25H28N4. The Morgan fingerprint density at radius 1 is 1.14 bits per heavy atom. The molecule has 4 aromatic rings. The maximum atomic E-state index is 4.52. The highest BCUT2D eigenvalue weighted by molar-refractivity contribution is 5.89. The molecule has 29 heavy (non-hydrogen) atoms. The van der Waals surface area contributed by atoms with Crippen molar-refractivity contribution >= 4 is 10.9 Å². The first-order valence-electron chi connectivity index (χ1n) is 10.6. The second kappa shape index (κ2) is 7.20. The lowest BCUT2D eigenvalue weighted by Gasteiger charge is -2.27. The Hall–Kier alpha value is -2.85. The number of hydrogen-bond acceptors (Lipinski definition) is 2. The number of hydrogen-bond donors (Lipinski definition) is 2. The van der Waals surface area contributed by atoms with E-state index in [4.69, 9.17) is 0 Å². The van der Waals surface area contributed by atoms with Gasteiger partial charge in [-0.3, -0.25) is 4.68 Å². The molecule has 1 aliphatic carbocycles. The van der Waals surface area contributed by atoms with Gasteiger partial charge >= 0.3 is 0 Å². The Bertz CT molecular complexity index is 1150. The first-order chi connectivity index (χ1) is 14.1. The molecule has 4 nitrogen and oxygen atoms in total. The molecule has 0 fully saturated rings. The van der Waals surface area contributed by atoms with Gasteiger partial charge in [0, 0.05) is 41.3 Å². The van der Waals surface area contributed by atoms with E-state index in [0.717, 1.165) is 12.1 Å². The van der Waals surface area contributed by atoms with E-state index in [1.807, 2.05) is 18.7 Å². The quantitative estimate of drug-likeness (QED) is 0.481. The fourth-order valence-electron chi connectivity index (χ4n) is 4.81. The zero-order valence-electron chi connectivity index (χ0n) is 17.4. The number of benzene rings is 2. The molecule has 4 heteroatoms. The highest BCUT2D eigenvalue weighted by Gasteiger charge is 2.26. The van der Waals surface area contributed by atoms with Crippen LogP contribution in [0.25, 0.3) is 22.2 Å². The standard InChI is InChI=1S/C25H28N4/c1-16-14-24(29(3)28-16)19-12-13-22-21(15-19)20-10-7-11-23(25(20)27-22)26-17(2)18-8-5-4-6-9-18/h4-6,8-9,12-15,17,23,26-27H,7,10-11H2,1-3H3/t17-,23?/m1/s1. The van der Waals surface area contributed by atoms with E-state index in [-0.39, 0.29) is 0 Å². The van der Waals surface area contributed by atoms with Gasteiger partial charge in [-0.05, 0) is 62.4 Å². The van der Waals surface area contributed by atoms with Gasteiger partial charge in [0.2, 0.25) is 0 Å². The van der Waals surface area contributed by atoms with Crippen LogP contribution in [0.5, 0.6) is 0 Å². The summed E-state index contributed by atoms with van der Waals surface area (Å²) in [6.45, 7) is 4.31. The summed E-state index contributed by atoms with van der Waals surface area (Å²) in [7, 11) is 2.02. The molecule has 2 heterocycles. The summed E-state index contributed by atoms with van der Waals surface area (Å²) in [6.07, 6.45) is 3.53. The van der Waals surface area contributed by atoms with Crippen LogP contribution in [0.15, 0.2) is 54.6 Å². The molecule has 2 aromatic heterocycles. The number of rotatable bonds is 4. The molecule has 0 bridgehead atoms. The Balaban J connectivity index is 1.50. The molecule has 0 amide bonds. The summed E-state index contributed by atoms with van der Waals surface area (Å²) >= 11 is 0. The maximum absolute atomic E-state index is 4.52. The summed E-state index contributed by atoms with van der Waals surface area (Å²) in [5.41, 5.74) is 8.87. The zero-order valence-corrected chi connectivity index (χ0v) is 17.4. The largest absolute Gasteiger partial charge is 0.357 e.